The van der Waals surface area contributed by atoms with E-state index in [9.17, 15) is 13.2 Å². The Hall–Kier alpha value is -1.07. The lowest BCUT2D eigenvalue weighted by atomic mass is 10.2. The van der Waals surface area contributed by atoms with E-state index >= 15 is 0 Å². The molecule has 0 heterocycles. The van der Waals surface area contributed by atoms with Gasteiger partial charge in [-0.3, -0.25) is 4.79 Å². The third kappa shape index (κ3) is 2.98. The molecule has 1 aromatic carbocycles. The van der Waals surface area contributed by atoms with Gasteiger partial charge < -0.3 is 5.11 Å². The Kier molecular flexibility index (Phi) is 3.84. The number of carboxylic acids is 1. The van der Waals surface area contributed by atoms with E-state index in [4.69, 9.17) is 16.7 Å². The molecule has 0 radical (unpaired) electrons. The molecular formula is C11H13ClO4S. The van der Waals surface area contributed by atoms with Crippen LogP contribution < -0.4 is 0 Å². The summed E-state index contributed by atoms with van der Waals surface area (Å²) in [6.07, 6.45) is 0. The summed E-state index contributed by atoms with van der Waals surface area (Å²) >= 11 is 5.74. The van der Waals surface area contributed by atoms with Crippen molar-refractivity contribution in [3.05, 3.63) is 34.9 Å². The fourth-order valence-electron chi connectivity index (χ4n) is 1.16. The van der Waals surface area contributed by atoms with Crippen LogP contribution in [0.4, 0.5) is 0 Å². The normalized spacial score (nSPS) is 12.4. The van der Waals surface area contributed by atoms with Gasteiger partial charge in [0.15, 0.2) is 14.6 Å². The number of carbonyl (C=O) groups is 1. The number of benzene rings is 1. The second kappa shape index (κ2) is 4.66. The van der Waals surface area contributed by atoms with Crippen molar-refractivity contribution in [2.45, 2.75) is 24.3 Å². The number of hydrogen-bond donors (Lipinski definition) is 1. The largest absolute Gasteiger partial charge is 0.480 e. The zero-order valence-corrected chi connectivity index (χ0v) is 11.0. The van der Waals surface area contributed by atoms with Gasteiger partial charge in [-0.05, 0) is 31.5 Å². The Morgan fingerprint density at radius 1 is 1.41 bits per heavy atom. The minimum Gasteiger partial charge on any atom is -0.480 e. The van der Waals surface area contributed by atoms with Crippen LogP contribution in [0.2, 0.25) is 5.02 Å². The van der Waals surface area contributed by atoms with Crippen LogP contribution in [-0.2, 0) is 20.4 Å². The summed E-state index contributed by atoms with van der Waals surface area (Å²) in [6.45, 7) is 2.35. The van der Waals surface area contributed by atoms with Gasteiger partial charge in [0.05, 0.1) is 5.75 Å². The quantitative estimate of drug-likeness (QED) is 0.914. The molecule has 0 aliphatic rings. The van der Waals surface area contributed by atoms with E-state index in [1.807, 2.05) is 0 Å². The zero-order valence-electron chi connectivity index (χ0n) is 9.47. The Balaban J connectivity index is 3.07. The molecule has 1 N–H and O–H groups in total. The first-order valence-electron chi connectivity index (χ1n) is 4.87. The van der Waals surface area contributed by atoms with Gasteiger partial charge in [0.2, 0.25) is 0 Å². The van der Waals surface area contributed by atoms with Crippen molar-refractivity contribution >= 4 is 27.4 Å². The first-order chi connectivity index (χ1) is 7.67. The predicted molar refractivity (Wildman–Crippen MR) is 65.8 cm³/mol. The SMILES string of the molecule is CC(C)(C(=O)O)S(=O)(=O)Cc1cccc(Cl)c1. The second-order valence-electron chi connectivity index (χ2n) is 4.20. The fraction of sp³-hybridized carbons (Fsp3) is 0.364. The third-order valence-electron chi connectivity index (χ3n) is 2.54. The minimum atomic E-state index is -3.79. The standard InChI is InChI=1S/C11H13ClO4S/c1-11(2,10(13)14)17(15,16)7-8-4-3-5-9(12)6-8/h3-6H,7H2,1-2H3,(H,13,14). The number of hydrogen-bond acceptors (Lipinski definition) is 3. The van der Waals surface area contributed by atoms with Gasteiger partial charge >= 0.3 is 5.97 Å². The summed E-state index contributed by atoms with van der Waals surface area (Å²) < 4.78 is 22.1. The summed E-state index contributed by atoms with van der Waals surface area (Å²) in [7, 11) is -3.79. The first kappa shape index (κ1) is 14.0. The highest BCUT2D eigenvalue weighted by molar-refractivity contribution is 7.92. The summed E-state index contributed by atoms with van der Waals surface area (Å²) in [5.74, 6) is -1.70. The molecule has 94 valence electrons. The van der Waals surface area contributed by atoms with Crippen molar-refractivity contribution in [2.24, 2.45) is 0 Å². The van der Waals surface area contributed by atoms with Crippen LogP contribution in [0.1, 0.15) is 19.4 Å². The lowest BCUT2D eigenvalue weighted by Crippen LogP contribution is -2.41. The van der Waals surface area contributed by atoms with Crippen molar-refractivity contribution in [2.75, 3.05) is 0 Å². The highest BCUT2D eigenvalue weighted by atomic mass is 35.5. The van der Waals surface area contributed by atoms with E-state index in [0.29, 0.717) is 10.6 Å². The molecule has 0 atom stereocenters. The van der Waals surface area contributed by atoms with Crippen LogP contribution in [0.15, 0.2) is 24.3 Å². The molecule has 0 saturated heterocycles. The molecule has 17 heavy (non-hydrogen) atoms. The maximum atomic E-state index is 12.0. The second-order valence-corrected chi connectivity index (χ2v) is 7.18. The van der Waals surface area contributed by atoms with Crippen LogP contribution in [0.3, 0.4) is 0 Å². The first-order valence-corrected chi connectivity index (χ1v) is 6.90. The van der Waals surface area contributed by atoms with E-state index in [1.54, 1.807) is 18.2 Å². The van der Waals surface area contributed by atoms with Crippen molar-refractivity contribution in [1.29, 1.82) is 0 Å². The van der Waals surface area contributed by atoms with Crippen molar-refractivity contribution in [3.8, 4) is 0 Å². The van der Waals surface area contributed by atoms with Gasteiger partial charge in [-0.15, -0.1) is 0 Å². The maximum absolute atomic E-state index is 12.0. The average molecular weight is 277 g/mol. The molecule has 6 heteroatoms. The Morgan fingerprint density at radius 2 is 2.00 bits per heavy atom. The Labute approximate surface area is 105 Å². The number of carboxylic acid groups (broad SMARTS) is 1. The molecule has 0 saturated carbocycles. The van der Waals surface area contributed by atoms with Gasteiger partial charge in [0, 0.05) is 5.02 Å². The van der Waals surface area contributed by atoms with E-state index in [1.165, 1.54) is 19.9 Å². The van der Waals surface area contributed by atoms with Crippen LogP contribution in [0, 0.1) is 0 Å². The molecule has 0 aliphatic carbocycles. The molecule has 1 rings (SSSR count). The van der Waals surface area contributed by atoms with Crippen LogP contribution >= 0.6 is 11.6 Å². The molecule has 0 bridgehead atoms. The molecule has 0 aromatic heterocycles. The van der Waals surface area contributed by atoms with Crippen LogP contribution in [0.25, 0.3) is 0 Å². The van der Waals surface area contributed by atoms with Crippen LogP contribution in [0.5, 0.6) is 0 Å². The van der Waals surface area contributed by atoms with Crippen LogP contribution in [-0.4, -0.2) is 24.2 Å². The molecule has 1 aromatic rings. The smallest absolute Gasteiger partial charge is 0.324 e. The molecule has 0 fully saturated rings. The van der Waals surface area contributed by atoms with E-state index in [2.05, 4.69) is 0 Å². The molecular weight excluding hydrogens is 264 g/mol. The lowest BCUT2D eigenvalue weighted by Gasteiger charge is -2.19. The van der Waals surface area contributed by atoms with E-state index in [0.717, 1.165) is 0 Å². The van der Waals surface area contributed by atoms with E-state index < -0.39 is 20.6 Å². The summed E-state index contributed by atoms with van der Waals surface area (Å²) in [6, 6.07) is 6.36. The number of rotatable bonds is 4. The summed E-state index contributed by atoms with van der Waals surface area (Å²) in [5, 5.41) is 9.33. The third-order valence-corrected chi connectivity index (χ3v) is 5.22. The van der Waals surface area contributed by atoms with Gasteiger partial charge in [0.25, 0.3) is 0 Å². The van der Waals surface area contributed by atoms with Crippen molar-refractivity contribution in [3.63, 3.8) is 0 Å². The van der Waals surface area contributed by atoms with Gasteiger partial charge in [-0.1, -0.05) is 23.7 Å². The predicted octanol–water partition coefficient (Wildman–Crippen LogP) is 2.12. The molecule has 0 amide bonds. The average Bonchev–Trinajstić information content (AvgIpc) is 2.16. The highest BCUT2D eigenvalue weighted by Crippen LogP contribution is 2.23. The molecule has 0 aliphatic heterocycles. The molecule has 0 unspecified atom stereocenters. The highest BCUT2D eigenvalue weighted by Gasteiger charge is 2.41. The van der Waals surface area contributed by atoms with Gasteiger partial charge in [-0.25, -0.2) is 8.42 Å². The Morgan fingerprint density at radius 3 is 2.47 bits per heavy atom. The maximum Gasteiger partial charge on any atom is 0.324 e. The van der Waals surface area contributed by atoms with Gasteiger partial charge in [-0.2, -0.15) is 0 Å². The number of aliphatic carboxylic acids is 1. The number of sulfone groups is 1. The topological polar surface area (TPSA) is 71.4 Å². The summed E-state index contributed by atoms with van der Waals surface area (Å²) in [4.78, 5) is 10.9. The monoisotopic (exact) mass is 276 g/mol. The molecule has 0 spiro atoms. The van der Waals surface area contributed by atoms with Gasteiger partial charge in [0.1, 0.15) is 0 Å². The lowest BCUT2D eigenvalue weighted by molar-refractivity contribution is -0.139. The summed E-state index contributed by atoms with van der Waals surface area (Å²) in [5.41, 5.74) is 0.479. The minimum absolute atomic E-state index is 0.340. The number of halogens is 1. The fourth-order valence-corrected chi connectivity index (χ4v) is 2.62. The Bertz CT molecular complexity index is 534. The zero-order chi connectivity index (χ0) is 13.3. The van der Waals surface area contributed by atoms with Crippen molar-refractivity contribution < 1.29 is 18.3 Å². The molecule has 4 nitrogen and oxygen atoms in total. The van der Waals surface area contributed by atoms with E-state index in [-0.39, 0.29) is 5.75 Å². The van der Waals surface area contributed by atoms with Crippen molar-refractivity contribution in [1.82, 2.24) is 0 Å².